The standard InChI is InChI=1S/C15H25/c1-5-9-13-15(12-8-4)14(10-6-2)11-7-3/h6-8,15H,2-5,9-13H2,1H3. The lowest BCUT2D eigenvalue weighted by molar-refractivity contribution is 0.464. The molecule has 1 atom stereocenters. The van der Waals surface area contributed by atoms with Crippen LogP contribution in [0.1, 0.15) is 45.4 Å². The van der Waals surface area contributed by atoms with Crippen molar-refractivity contribution in [3.8, 4) is 0 Å². The number of rotatable bonds is 10. The Morgan fingerprint density at radius 1 is 1.07 bits per heavy atom. The van der Waals surface area contributed by atoms with Gasteiger partial charge in [0.05, 0.1) is 0 Å². The van der Waals surface area contributed by atoms with Crippen molar-refractivity contribution in [1.82, 2.24) is 0 Å². The number of hydrogen-bond donors (Lipinski definition) is 0. The fraction of sp³-hybridized carbons (Fsp3) is 0.533. The summed E-state index contributed by atoms with van der Waals surface area (Å²) in [4.78, 5) is 0. The van der Waals surface area contributed by atoms with Crippen molar-refractivity contribution < 1.29 is 0 Å². The molecule has 0 aromatic heterocycles. The Kier molecular flexibility index (Phi) is 9.26. The summed E-state index contributed by atoms with van der Waals surface area (Å²) in [7, 11) is 0. The maximum atomic E-state index is 3.85. The van der Waals surface area contributed by atoms with Gasteiger partial charge in [0.15, 0.2) is 0 Å². The second-order valence-corrected chi connectivity index (χ2v) is 4.01. The van der Waals surface area contributed by atoms with E-state index in [1.54, 1.807) is 5.92 Å². The van der Waals surface area contributed by atoms with E-state index in [9.17, 15) is 0 Å². The number of hydrogen-bond acceptors (Lipinski definition) is 0. The molecule has 0 heterocycles. The highest BCUT2D eigenvalue weighted by atomic mass is 14.2. The molecule has 0 fully saturated rings. The Labute approximate surface area is 95.8 Å². The van der Waals surface area contributed by atoms with Crippen molar-refractivity contribution in [2.45, 2.75) is 45.4 Å². The van der Waals surface area contributed by atoms with Crippen LogP contribution in [0.2, 0.25) is 0 Å². The van der Waals surface area contributed by atoms with Gasteiger partial charge in [0.25, 0.3) is 0 Å². The lowest BCUT2D eigenvalue weighted by Gasteiger charge is -2.23. The maximum Gasteiger partial charge on any atom is -0.0132 e. The second-order valence-electron chi connectivity index (χ2n) is 4.01. The van der Waals surface area contributed by atoms with Crippen molar-refractivity contribution >= 4 is 0 Å². The Morgan fingerprint density at radius 2 is 1.67 bits per heavy atom. The van der Waals surface area contributed by atoms with Crippen molar-refractivity contribution in [3.05, 3.63) is 43.9 Å². The van der Waals surface area contributed by atoms with Gasteiger partial charge in [-0.15, -0.1) is 19.7 Å². The van der Waals surface area contributed by atoms with Crippen LogP contribution in [0.3, 0.4) is 0 Å². The Balaban J connectivity index is 4.27. The molecule has 1 unspecified atom stereocenters. The first-order chi connectivity index (χ1) is 7.29. The van der Waals surface area contributed by atoms with Gasteiger partial charge < -0.3 is 0 Å². The summed E-state index contributed by atoms with van der Waals surface area (Å²) < 4.78 is 0. The van der Waals surface area contributed by atoms with Gasteiger partial charge in [-0.3, -0.25) is 0 Å². The van der Waals surface area contributed by atoms with Crippen LogP contribution >= 0.6 is 0 Å². The van der Waals surface area contributed by atoms with Gasteiger partial charge in [0, 0.05) is 0 Å². The summed E-state index contributed by atoms with van der Waals surface area (Å²) in [5.41, 5.74) is 0. The molecule has 1 radical (unpaired) electrons. The van der Waals surface area contributed by atoms with E-state index in [-0.39, 0.29) is 0 Å². The zero-order valence-electron chi connectivity index (χ0n) is 10.2. The summed E-state index contributed by atoms with van der Waals surface area (Å²) in [5, 5.41) is 0. The molecule has 0 rings (SSSR count). The SMILES string of the molecule is C=CC[C](CC=C)C(CC=C)CCCC. The molecule has 85 valence electrons. The van der Waals surface area contributed by atoms with E-state index in [2.05, 4.69) is 26.7 Å². The Hall–Kier alpha value is -0.780. The van der Waals surface area contributed by atoms with Gasteiger partial charge in [-0.1, -0.05) is 38.0 Å². The normalized spacial score (nSPS) is 12.4. The van der Waals surface area contributed by atoms with Gasteiger partial charge in [0.2, 0.25) is 0 Å². The lowest BCUT2D eigenvalue weighted by Crippen LogP contribution is -2.11. The third-order valence-corrected chi connectivity index (χ3v) is 2.75. The predicted molar refractivity (Wildman–Crippen MR) is 70.7 cm³/mol. The minimum atomic E-state index is 0.679. The first-order valence-corrected chi connectivity index (χ1v) is 5.97. The fourth-order valence-corrected chi connectivity index (χ4v) is 1.93. The second kappa shape index (κ2) is 9.76. The van der Waals surface area contributed by atoms with E-state index in [4.69, 9.17) is 0 Å². The smallest absolute Gasteiger partial charge is 0.0132 e. The molecule has 0 aliphatic rings. The molecule has 0 saturated carbocycles. The molecule has 0 saturated heterocycles. The van der Waals surface area contributed by atoms with Crippen LogP contribution in [0.15, 0.2) is 38.0 Å². The van der Waals surface area contributed by atoms with Crippen LogP contribution in [0.4, 0.5) is 0 Å². The van der Waals surface area contributed by atoms with Gasteiger partial charge in [0.1, 0.15) is 0 Å². The van der Waals surface area contributed by atoms with Gasteiger partial charge >= 0.3 is 0 Å². The van der Waals surface area contributed by atoms with Crippen LogP contribution in [-0.4, -0.2) is 0 Å². The van der Waals surface area contributed by atoms with Gasteiger partial charge in [-0.2, -0.15) is 0 Å². The van der Waals surface area contributed by atoms with Crippen LogP contribution in [0.5, 0.6) is 0 Å². The Bertz CT molecular complexity index is 168. The van der Waals surface area contributed by atoms with Crippen LogP contribution in [-0.2, 0) is 0 Å². The first-order valence-electron chi connectivity index (χ1n) is 5.97. The molecule has 0 bridgehead atoms. The molecule has 0 amide bonds. The highest BCUT2D eigenvalue weighted by molar-refractivity contribution is 5.06. The molecule has 0 heteroatoms. The third-order valence-electron chi connectivity index (χ3n) is 2.75. The first kappa shape index (κ1) is 14.2. The summed E-state index contributed by atoms with van der Waals surface area (Å²) in [6, 6.07) is 0. The number of allylic oxidation sites excluding steroid dienone is 3. The average molecular weight is 205 g/mol. The highest BCUT2D eigenvalue weighted by Gasteiger charge is 2.17. The van der Waals surface area contributed by atoms with Gasteiger partial charge in [-0.25, -0.2) is 0 Å². The molecular formula is C15H25. The minimum Gasteiger partial charge on any atom is -0.103 e. The Morgan fingerprint density at radius 3 is 2.07 bits per heavy atom. The minimum absolute atomic E-state index is 0.679. The van der Waals surface area contributed by atoms with Crippen molar-refractivity contribution in [1.29, 1.82) is 0 Å². The monoisotopic (exact) mass is 205 g/mol. The van der Waals surface area contributed by atoms with Crippen LogP contribution < -0.4 is 0 Å². The average Bonchev–Trinajstić information content (AvgIpc) is 2.24. The molecule has 0 N–H and O–H groups in total. The van der Waals surface area contributed by atoms with Gasteiger partial charge in [-0.05, 0) is 37.5 Å². The highest BCUT2D eigenvalue weighted by Crippen LogP contribution is 2.30. The van der Waals surface area contributed by atoms with Crippen LogP contribution in [0.25, 0.3) is 0 Å². The van der Waals surface area contributed by atoms with E-state index in [1.165, 1.54) is 19.3 Å². The lowest BCUT2D eigenvalue weighted by atomic mass is 9.81. The molecule has 0 aliphatic carbocycles. The van der Waals surface area contributed by atoms with E-state index in [0.717, 1.165) is 19.3 Å². The summed E-state index contributed by atoms with van der Waals surface area (Å²) >= 11 is 0. The molecule has 0 aromatic carbocycles. The largest absolute Gasteiger partial charge is 0.103 e. The molecule has 0 spiro atoms. The maximum absolute atomic E-state index is 3.85. The zero-order valence-corrected chi connectivity index (χ0v) is 10.2. The van der Waals surface area contributed by atoms with E-state index < -0.39 is 0 Å². The quantitative estimate of drug-likeness (QED) is 0.435. The molecule has 0 aliphatic heterocycles. The number of unbranched alkanes of at least 4 members (excludes halogenated alkanes) is 1. The zero-order chi connectivity index (χ0) is 11.5. The van der Waals surface area contributed by atoms with E-state index in [1.807, 2.05) is 18.2 Å². The van der Waals surface area contributed by atoms with E-state index >= 15 is 0 Å². The third kappa shape index (κ3) is 6.33. The summed E-state index contributed by atoms with van der Waals surface area (Å²) in [6.45, 7) is 13.7. The van der Waals surface area contributed by atoms with Crippen molar-refractivity contribution in [2.24, 2.45) is 5.92 Å². The van der Waals surface area contributed by atoms with Crippen LogP contribution in [0, 0.1) is 11.8 Å². The molecule has 0 aromatic rings. The van der Waals surface area contributed by atoms with Crippen molar-refractivity contribution in [3.63, 3.8) is 0 Å². The van der Waals surface area contributed by atoms with Crippen molar-refractivity contribution in [2.75, 3.05) is 0 Å². The molecule has 15 heavy (non-hydrogen) atoms. The predicted octanol–water partition coefficient (Wildman–Crippen LogP) is 5.10. The summed E-state index contributed by atoms with van der Waals surface area (Å²) in [5.74, 6) is 2.24. The molecular weight excluding hydrogens is 180 g/mol. The fourth-order valence-electron chi connectivity index (χ4n) is 1.93. The topological polar surface area (TPSA) is 0 Å². The molecule has 0 nitrogen and oxygen atoms in total. The van der Waals surface area contributed by atoms with E-state index in [0.29, 0.717) is 5.92 Å². The summed E-state index contributed by atoms with van der Waals surface area (Å²) in [6.07, 6.45) is 13.0.